The van der Waals surface area contributed by atoms with Crippen LogP contribution < -0.4 is 5.32 Å². The molecular formula is C54H103NO4. The van der Waals surface area contributed by atoms with Crippen LogP contribution in [0, 0.1) is 0 Å². The zero-order valence-electron chi connectivity index (χ0n) is 39.6. The lowest BCUT2D eigenvalue weighted by Gasteiger charge is -2.21. The largest absolute Gasteiger partial charge is 0.394 e. The van der Waals surface area contributed by atoms with Gasteiger partial charge in [-0.2, -0.15) is 0 Å². The Morgan fingerprint density at radius 3 is 1.03 bits per heavy atom. The van der Waals surface area contributed by atoms with Crippen LogP contribution in [0.1, 0.15) is 277 Å². The van der Waals surface area contributed by atoms with Gasteiger partial charge >= 0.3 is 0 Å². The summed E-state index contributed by atoms with van der Waals surface area (Å²) in [6, 6.07) is -0.819. The number of allylic oxidation sites excluding steroid dienone is 5. The van der Waals surface area contributed by atoms with E-state index in [4.69, 9.17) is 0 Å². The Balaban J connectivity index is 3.65. The van der Waals surface area contributed by atoms with Gasteiger partial charge in [-0.1, -0.05) is 269 Å². The molecule has 0 saturated heterocycles. The summed E-state index contributed by atoms with van der Waals surface area (Å²) in [5.74, 6) is -0.513. The fraction of sp³-hybridized carbons (Fsp3) is 0.870. The lowest BCUT2D eigenvalue weighted by molar-refractivity contribution is -0.131. The smallest absolute Gasteiger partial charge is 0.249 e. The molecule has 5 heteroatoms. The molecule has 0 saturated carbocycles. The quantitative estimate of drug-likeness (QED) is 0.0363. The minimum Gasteiger partial charge on any atom is -0.394 e. The number of amides is 1. The molecule has 0 heterocycles. The van der Waals surface area contributed by atoms with Gasteiger partial charge in [-0.25, -0.2) is 0 Å². The minimum atomic E-state index is -1.11. The summed E-state index contributed by atoms with van der Waals surface area (Å²) >= 11 is 0. The molecule has 1 amide bonds. The van der Waals surface area contributed by atoms with E-state index in [0.717, 1.165) is 44.9 Å². The van der Waals surface area contributed by atoms with Crippen LogP contribution in [0.15, 0.2) is 36.5 Å². The van der Waals surface area contributed by atoms with Gasteiger partial charge in [0.05, 0.1) is 18.8 Å². The number of hydrogen-bond acceptors (Lipinski definition) is 4. The minimum absolute atomic E-state index is 0.379. The highest BCUT2D eigenvalue weighted by Crippen LogP contribution is 2.17. The van der Waals surface area contributed by atoms with E-state index < -0.39 is 24.2 Å². The Hall–Kier alpha value is -1.43. The first-order valence-electron chi connectivity index (χ1n) is 26.3. The average Bonchev–Trinajstić information content (AvgIpc) is 3.24. The van der Waals surface area contributed by atoms with Crippen LogP contribution in [0.5, 0.6) is 0 Å². The molecule has 0 aliphatic rings. The molecule has 0 aliphatic heterocycles. The third-order valence-corrected chi connectivity index (χ3v) is 12.2. The van der Waals surface area contributed by atoms with Crippen LogP contribution in [-0.4, -0.2) is 46.1 Å². The van der Waals surface area contributed by atoms with Crippen LogP contribution in [-0.2, 0) is 4.79 Å². The number of nitrogens with one attached hydrogen (secondary N) is 1. The molecule has 3 atom stereocenters. The van der Waals surface area contributed by atoms with E-state index in [2.05, 4.69) is 43.5 Å². The summed E-state index contributed by atoms with van der Waals surface area (Å²) in [5, 5.41) is 33.3. The number of aliphatic hydroxyl groups excluding tert-OH is 3. The van der Waals surface area contributed by atoms with Crippen LogP contribution in [0.25, 0.3) is 0 Å². The van der Waals surface area contributed by atoms with Crippen LogP contribution in [0.2, 0.25) is 0 Å². The standard InChI is InChI=1S/C54H103NO4/c1-3-5-7-9-11-13-15-17-19-21-23-25-26-27-29-30-32-34-36-38-40-42-44-46-48-52(57)51(50-56)55-54(59)53(58)49-47-45-43-41-39-37-35-33-31-28-24-22-20-18-16-14-12-10-8-6-4-2/h30,32,38,40,46,48,51-53,56-58H,3-29,31,33-37,39,41-45,47,49-50H2,1-2H3,(H,55,59)/b32-30+,40-38+,48-46+. The first-order valence-corrected chi connectivity index (χ1v) is 26.3. The lowest BCUT2D eigenvalue weighted by Crippen LogP contribution is -2.48. The SMILES string of the molecule is CCCCCCCCCCCCCCCC/C=C/CC/C=C/CC/C=C/C(O)C(CO)NC(=O)C(O)CCCCCCCCCCCCCCCCCCCCCCC. The fourth-order valence-electron chi connectivity index (χ4n) is 8.10. The van der Waals surface area contributed by atoms with Crippen molar-refractivity contribution in [1.82, 2.24) is 5.32 Å². The average molecular weight is 830 g/mol. The molecular weight excluding hydrogens is 727 g/mol. The number of carbonyl (C=O) groups excluding carboxylic acids is 1. The van der Waals surface area contributed by atoms with Gasteiger partial charge in [-0.3, -0.25) is 4.79 Å². The molecule has 0 aromatic carbocycles. The molecule has 5 nitrogen and oxygen atoms in total. The first kappa shape index (κ1) is 57.6. The Bertz CT molecular complexity index is 916. The number of aliphatic hydroxyl groups is 3. The summed E-state index contributed by atoms with van der Waals surface area (Å²) in [5.41, 5.74) is 0. The third kappa shape index (κ3) is 44.4. The normalized spacial score (nSPS) is 13.6. The first-order chi connectivity index (χ1) is 29.1. The zero-order chi connectivity index (χ0) is 43.0. The molecule has 59 heavy (non-hydrogen) atoms. The maximum Gasteiger partial charge on any atom is 0.249 e. The Kier molecular flexibility index (Phi) is 48.0. The summed E-state index contributed by atoms with van der Waals surface area (Å²) in [6.45, 7) is 4.20. The molecule has 0 bridgehead atoms. The highest BCUT2D eigenvalue weighted by atomic mass is 16.3. The second-order valence-electron chi connectivity index (χ2n) is 18.1. The van der Waals surface area contributed by atoms with Crippen molar-refractivity contribution in [2.45, 2.75) is 295 Å². The van der Waals surface area contributed by atoms with Gasteiger partial charge in [0.25, 0.3) is 0 Å². The number of carbonyl (C=O) groups is 1. The number of unbranched alkanes of at least 4 members (excludes halogenated alkanes) is 36. The van der Waals surface area contributed by atoms with Crippen LogP contribution in [0.3, 0.4) is 0 Å². The van der Waals surface area contributed by atoms with Gasteiger partial charge in [0, 0.05) is 0 Å². The lowest BCUT2D eigenvalue weighted by atomic mass is 10.0. The van der Waals surface area contributed by atoms with Crippen molar-refractivity contribution in [2.75, 3.05) is 6.61 Å². The molecule has 0 radical (unpaired) electrons. The van der Waals surface area contributed by atoms with Crippen molar-refractivity contribution in [2.24, 2.45) is 0 Å². The Morgan fingerprint density at radius 2 is 0.695 bits per heavy atom. The third-order valence-electron chi connectivity index (χ3n) is 12.2. The van der Waals surface area contributed by atoms with E-state index in [1.165, 1.54) is 212 Å². The topological polar surface area (TPSA) is 89.8 Å². The van der Waals surface area contributed by atoms with Crippen molar-refractivity contribution in [3.8, 4) is 0 Å². The van der Waals surface area contributed by atoms with E-state index in [1.807, 2.05) is 6.08 Å². The van der Waals surface area contributed by atoms with E-state index in [0.29, 0.717) is 6.42 Å². The molecule has 348 valence electrons. The van der Waals surface area contributed by atoms with E-state index >= 15 is 0 Å². The van der Waals surface area contributed by atoms with Gasteiger partial charge < -0.3 is 20.6 Å². The maximum absolute atomic E-state index is 12.5. The van der Waals surface area contributed by atoms with Gasteiger partial charge in [-0.15, -0.1) is 0 Å². The molecule has 0 rings (SSSR count). The second-order valence-corrected chi connectivity index (χ2v) is 18.1. The molecule has 0 aromatic rings. The summed E-state index contributed by atoms with van der Waals surface area (Å²) in [4.78, 5) is 12.5. The molecule has 0 aliphatic carbocycles. The Labute approximate surface area is 368 Å². The highest BCUT2D eigenvalue weighted by Gasteiger charge is 2.22. The molecule has 4 N–H and O–H groups in total. The van der Waals surface area contributed by atoms with Crippen LogP contribution >= 0.6 is 0 Å². The fourth-order valence-corrected chi connectivity index (χ4v) is 8.10. The molecule has 0 spiro atoms. The van der Waals surface area contributed by atoms with E-state index in [-0.39, 0.29) is 6.61 Å². The van der Waals surface area contributed by atoms with Gasteiger partial charge in [-0.05, 0) is 44.9 Å². The summed E-state index contributed by atoms with van der Waals surface area (Å²) in [7, 11) is 0. The predicted octanol–water partition coefficient (Wildman–Crippen LogP) is 15.9. The second kappa shape index (κ2) is 49.2. The summed E-state index contributed by atoms with van der Waals surface area (Å²) < 4.78 is 0. The van der Waals surface area contributed by atoms with Crippen molar-refractivity contribution < 1.29 is 20.1 Å². The van der Waals surface area contributed by atoms with Crippen LogP contribution in [0.4, 0.5) is 0 Å². The van der Waals surface area contributed by atoms with E-state index in [9.17, 15) is 20.1 Å². The van der Waals surface area contributed by atoms with Crippen molar-refractivity contribution in [1.29, 1.82) is 0 Å². The molecule has 3 unspecified atom stereocenters. The van der Waals surface area contributed by atoms with E-state index in [1.54, 1.807) is 6.08 Å². The predicted molar refractivity (Wildman–Crippen MR) is 259 cm³/mol. The molecule has 0 aromatic heterocycles. The highest BCUT2D eigenvalue weighted by molar-refractivity contribution is 5.80. The Morgan fingerprint density at radius 1 is 0.407 bits per heavy atom. The van der Waals surface area contributed by atoms with Crippen molar-refractivity contribution in [3.05, 3.63) is 36.5 Å². The zero-order valence-corrected chi connectivity index (χ0v) is 39.6. The maximum atomic E-state index is 12.5. The van der Waals surface area contributed by atoms with Gasteiger partial charge in [0.15, 0.2) is 0 Å². The van der Waals surface area contributed by atoms with Crippen molar-refractivity contribution in [3.63, 3.8) is 0 Å². The number of hydrogen-bond donors (Lipinski definition) is 4. The molecule has 0 fully saturated rings. The monoisotopic (exact) mass is 830 g/mol. The van der Waals surface area contributed by atoms with Gasteiger partial charge in [0.2, 0.25) is 5.91 Å². The van der Waals surface area contributed by atoms with Crippen molar-refractivity contribution >= 4 is 5.91 Å². The number of rotatable bonds is 48. The summed E-state index contributed by atoms with van der Waals surface area (Å²) in [6.07, 6.45) is 63.5. The van der Waals surface area contributed by atoms with Gasteiger partial charge in [0.1, 0.15) is 6.10 Å².